The van der Waals surface area contributed by atoms with Crippen molar-refractivity contribution in [2.24, 2.45) is 0 Å². The van der Waals surface area contributed by atoms with Crippen LogP contribution in [0.5, 0.6) is 0 Å². The van der Waals surface area contributed by atoms with E-state index in [4.69, 9.17) is 0 Å². The van der Waals surface area contributed by atoms with Crippen molar-refractivity contribution in [3.63, 3.8) is 0 Å². The first-order valence-corrected chi connectivity index (χ1v) is 6.18. The Morgan fingerprint density at radius 1 is 1.29 bits per heavy atom. The van der Waals surface area contributed by atoms with Gasteiger partial charge in [-0.1, -0.05) is 38.3 Å². The Morgan fingerprint density at radius 2 is 2.12 bits per heavy atom. The first-order chi connectivity index (χ1) is 8.24. The van der Waals surface area contributed by atoms with Gasteiger partial charge >= 0.3 is 0 Å². The summed E-state index contributed by atoms with van der Waals surface area (Å²) in [6, 6.07) is 6.78. The number of hydrogen-bond acceptors (Lipinski definition) is 3. The van der Waals surface area contributed by atoms with Crippen molar-refractivity contribution in [1.29, 1.82) is 0 Å². The van der Waals surface area contributed by atoms with Gasteiger partial charge < -0.3 is 5.32 Å². The molecule has 17 heavy (non-hydrogen) atoms. The van der Waals surface area contributed by atoms with Gasteiger partial charge in [-0.25, -0.2) is 0 Å². The Morgan fingerprint density at radius 3 is 2.82 bits per heavy atom. The molecule has 0 aliphatic carbocycles. The van der Waals surface area contributed by atoms with Gasteiger partial charge in [0.2, 0.25) is 0 Å². The Bertz CT molecular complexity index is 353. The van der Waals surface area contributed by atoms with E-state index in [-0.39, 0.29) is 10.6 Å². The van der Waals surface area contributed by atoms with Crippen molar-refractivity contribution in [2.45, 2.75) is 39.2 Å². The fraction of sp³-hybridized carbons (Fsp3) is 0.538. The monoisotopic (exact) mass is 236 g/mol. The molecule has 1 rings (SSSR count). The molecule has 0 heterocycles. The van der Waals surface area contributed by atoms with Gasteiger partial charge in [-0.3, -0.25) is 10.1 Å². The Balaban J connectivity index is 2.27. The number of nitro benzene ring substituents is 1. The van der Waals surface area contributed by atoms with Gasteiger partial charge in [0.05, 0.1) is 4.92 Å². The lowest BCUT2D eigenvalue weighted by molar-refractivity contribution is -0.384. The third kappa shape index (κ3) is 5.45. The number of benzene rings is 1. The van der Waals surface area contributed by atoms with E-state index in [9.17, 15) is 10.1 Å². The molecule has 0 radical (unpaired) electrons. The summed E-state index contributed by atoms with van der Waals surface area (Å²) >= 11 is 0. The predicted molar refractivity (Wildman–Crippen MR) is 68.9 cm³/mol. The van der Waals surface area contributed by atoms with Gasteiger partial charge in [-0.15, -0.1) is 0 Å². The van der Waals surface area contributed by atoms with Crippen LogP contribution >= 0.6 is 0 Å². The van der Waals surface area contributed by atoms with E-state index in [1.807, 2.05) is 6.07 Å². The van der Waals surface area contributed by atoms with E-state index in [1.54, 1.807) is 12.1 Å². The van der Waals surface area contributed by atoms with Crippen LogP contribution in [0.25, 0.3) is 0 Å². The van der Waals surface area contributed by atoms with Crippen molar-refractivity contribution < 1.29 is 4.92 Å². The maximum absolute atomic E-state index is 10.6. The molecule has 0 spiro atoms. The molecule has 4 nitrogen and oxygen atoms in total. The molecule has 0 saturated heterocycles. The Hall–Kier alpha value is -1.42. The Kier molecular flexibility index (Phi) is 6.25. The highest BCUT2D eigenvalue weighted by atomic mass is 16.6. The van der Waals surface area contributed by atoms with E-state index in [1.165, 1.54) is 31.7 Å². The average molecular weight is 236 g/mol. The molecule has 0 amide bonds. The van der Waals surface area contributed by atoms with Crippen molar-refractivity contribution in [3.8, 4) is 0 Å². The van der Waals surface area contributed by atoms with Crippen LogP contribution < -0.4 is 5.32 Å². The van der Waals surface area contributed by atoms with Crippen molar-refractivity contribution in [3.05, 3.63) is 39.9 Å². The molecule has 0 unspecified atom stereocenters. The quantitative estimate of drug-likeness (QED) is 0.428. The zero-order chi connectivity index (χ0) is 12.5. The van der Waals surface area contributed by atoms with Gasteiger partial charge in [0, 0.05) is 18.7 Å². The van der Waals surface area contributed by atoms with Crippen LogP contribution in [0.4, 0.5) is 5.69 Å². The summed E-state index contributed by atoms with van der Waals surface area (Å²) in [6.45, 7) is 3.87. The van der Waals surface area contributed by atoms with Crippen molar-refractivity contribution in [2.75, 3.05) is 6.54 Å². The number of rotatable bonds is 8. The maximum atomic E-state index is 10.6. The minimum atomic E-state index is -0.356. The molecule has 0 bridgehead atoms. The van der Waals surface area contributed by atoms with Gasteiger partial charge in [-0.05, 0) is 18.5 Å². The number of nitro groups is 1. The fourth-order valence-electron chi connectivity index (χ4n) is 1.69. The van der Waals surface area contributed by atoms with Gasteiger partial charge in [-0.2, -0.15) is 0 Å². The summed E-state index contributed by atoms with van der Waals surface area (Å²) in [4.78, 5) is 10.2. The minimum Gasteiger partial charge on any atom is -0.313 e. The van der Waals surface area contributed by atoms with E-state index in [0.29, 0.717) is 6.54 Å². The van der Waals surface area contributed by atoms with Crippen LogP contribution in [0.15, 0.2) is 24.3 Å². The lowest BCUT2D eigenvalue weighted by Gasteiger charge is -2.04. The largest absolute Gasteiger partial charge is 0.313 e. The summed E-state index contributed by atoms with van der Waals surface area (Å²) in [7, 11) is 0. The predicted octanol–water partition coefficient (Wildman–Crippen LogP) is 3.26. The molecule has 0 atom stereocenters. The maximum Gasteiger partial charge on any atom is 0.269 e. The van der Waals surface area contributed by atoms with Crippen LogP contribution in [-0.2, 0) is 6.54 Å². The highest BCUT2D eigenvalue weighted by molar-refractivity contribution is 5.34. The second-order valence-corrected chi connectivity index (χ2v) is 4.16. The van der Waals surface area contributed by atoms with E-state index in [2.05, 4.69) is 12.2 Å². The third-order valence-electron chi connectivity index (χ3n) is 2.66. The molecule has 0 aliphatic rings. The molecule has 0 aliphatic heterocycles. The van der Waals surface area contributed by atoms with Crippen LogP contribution in [-0.4, -0.2) is 11.5 Å². The highest BCUT2D eigenvalue weighted by Gasteiger charge is 2.04. The highest BCUT2D eigenvalue weighted by Crippen LogP contribution is 2.12. The second kappa shape index (κ2) is 7.79. The SMILES string of the molecule is CCCCCCNCc1cccc([N+](=O)[O-])c1. The van der Waals surface area contributed by atoms with Gasteiger partial charge in [0.1, 0.15) is 0 Å². The van der Waals surface area contributed by atoms with Crippen molar-refractivity contribution >= 4 is 5.69 Å². The standard InChI is InChI=1S/C13H20N2O2/c1-2-3-4-5-9-14-11-12-7-6-8-13(10-12)15(16)17/h6-8,10,14H,2-5,9,11H2,1H3. The average Bonchev–Trinajstić information content (AvgIpc) is 2.34. The normalized spacial score (nSPS) is 10.4. The number of unbranched alkanes of at least 4 members (excludes halogenated alkanes) is 3. The summed E-state index contributed by atoms with van der Waals surface area (Å²) in [5, 5.41) is 13.9. The number of hydrogen-bond donors (Lipinski definition) is 1. The molecular weight excluding hydrogens is 216 g/mol. The minimum absolute atomic E-state index is 0.162. The lowest BCUT2D eigenvalue weighted by Crippen LogP contribution is -2.14. The number of nitrogens with zero attached hydrogens (tertiary/aromatic N) is 1. The van der Waals surface area contributed by atoms with E-state index >= 15 is 0 Å². The number of nitrogens with one attached hydrogen (secondary N) is 1. The lowest BCUT2D eigenvalue weighted by atomic mass is 10.2. The molecule has 94 valence electrons. The van der Waals surface area contributed by atoms with Crippen molar-refractivity contribution in [1.82, 2.24) is 5.32 Å². The van der Waals surface area contributed by atoms with Gasteiger partial charge in [0.25, 0.3) is 5.69 Å². The van der Waals surface area contributed by atoms with Crippen LogP contribution in [0, 0.1) is 10.1 Å². The molecule has 0 fully saturated rings. The molecule has 0 saturated carbocycles. The fourth-order valence-corrected chi connectivity index (χ4v) is 1.69. The van der Waals surface area contributed by atoms with Crippen LogP contribution in [0.1, 0.15) is 38.2 Å². The first kappa shape index (κ1) is 13.6. The van der Waals surface area contributed by atoms with Gasteiger partial charge in [0.15, 0.2) is 0 Å². The summed E-state index contributed by atoms with van der Waals surface area (Å²) in [6.07, 6.45) is 4.94. The molecular formula is C13H20N2O2. The third-order valence-corrected chi connectivity index (χ3v) is 2.66. The summed E-state index contributed by atoms with van der Waals surface area (Å²) in [5.41, 5.74) is 1.13. The molecule has 0 aromatic heterocycles. The summed E-state index contributed by atoms with van der Waals surface area (Å²) < 4.78 is 0. The van der Waals surface area contributed by atoms with E-state index < -0.39 is 0 Å². The zero-order valence-electron chi connectivity index (χ0n) is 10.3. The summed E-state index contributed by atoms with van der Waals surface area (Å²) in [5.74, 6) is 0. The molecule has 4 heteroatoms. The first-order valence-electron chi connectivity index (χ1n) is 6.18. The Labute approximate surface area is 102 Å². The topological polar surface area (TPSA) is 55.2 Å². The molecule has 1 N–H and O–H groups in total. The van der Waals surface area contributed by atoms with Crippen LogP contribution in [0.3, 0.4) is 0 Å². The zero-order valence-corrected chi connectivity index (χ0v) is 10.3. The second-order valence-electron chi connectivity index (χ2n) is 4.16. The molecule has 1 aromatic rings. The molecule has 1 aromatic carbocycles. The number of non-ortho nitro benzene ring substituents is 1. The smallest absolute Gasteiger partial charge is 0.269 e. The van der Waals surface area contributed by atoms with Crippen LogP contribution in [0.2, 0.25) is 0 Å². The van der Waals surface area contributed by atoms with E-state index in [0.717, 1.165) is 12.1 Å².